The van der Waals surface area contributed by atoms with Gasteiger partial charge in [-0.05, 0) is 18.6 Å². The second-order valence-corrected chi connectivity index (χ2v) is 3.24. The molecule has 1 heterocycles. The van der Waals surface area contributed by atoms with Gasteiger partial charge in [0.05, 0.1) is 5.70 Å². The minimum atomic E-state index is 0.745. The van der Waals surface area contributed by atoms with E-state index in [1.807, 2.05) is 26.1 Å². The van der Waals surface area contributed by atoms with Crippen molar-refractivity contribution in [3.8, 4) is 0 Å². The lowest BCUT2D eigenvalue weighted by molar-refractivity contribution is 0.391. The van der Waals surface area contributed by atoms with Crippen molar-refractivity contribution < 1.29 is 0 Å². The lowest BCUT2D eigenvalue weighted by atomic mass is 10.2. The summed E-state index contributed by atoms with van der Waals surface area (Å²) in [5.41, 5.74) is 7.98. The Balaban J connectivity index is 2.92. The van der Waals surface area contributed by atoms with Crippen LogP contribution in [-0.4, -0.2) is 25.0 Å². The van der Waals surface area contributed by atoms with E-state index in [0.29, 0.717) is 0 Å². The van der Waals surface area contributed by atoms with Gasteiger partial charge in [0.25, 0.3) is 0 Å². The molecule has 3 nitrogen and oxygen atoms in total. The summed E-state index contributed by atoms with van der Waals surface area (Å²) in [6.45, 7) is 7.61. The summed E-state index contributed by atoms with van der Waals surface area (Å²) in [7, 11) is 2.04. The fourth-order valence-electron chi connectivity index (χ4n) is 1.24. The molecule has 0 bridgehead atoms. The lowest BCUT2D eigenvalue weighted by Gasteiger charge is -2.28. The van der Waals surface area contributed by atoms with Crippen LogP contribution in [0.3, 0.4) is 0 Å². The summed E-state index contributed by atoms with van der Waals surface area (Å²) in [4.78, 5) is 2.14. The molecule has 0 saturated carbocycles. The molecule has 0 aromatic rings. The summed E-state index contributed by atoms with van der Waals surface area (Å²) in [6, 6.07) is 0. The van der Waals surface area contributed by atoms with E-state index in [-0.39, 0.29) is 0 Å². The Morgan fingerprint density at radius 2 is 2.38 bits per heavy atom. The van der Waals surface area contributed by atoms with Crippen LogP contribution in [0.15, 0.2) is 35.8 Å². The number of likely N-dealkylation sites (N-methyl/N-ethyl adjacent to an activating group) is 1. The first kappa shape index (κ1) is 9.71. The molecule has 1 rings (SSSR count). The molecule has 1 aliphatic rings. The molecule has 1 aliphatic heterocycles. The van der Waals surface area contributed by atoms with Crippen molar-refractivity contribution in [2.24, 2.45) is 5.73 Å². The molecular weight excluding hydrogens is 162 g/mol. The van der Waals surface area contributed by atoms with E-state index in [2.05, 4.69) is 16.8 Å². The van der Waals surface area contributed by atoms with Gasteiger partial charge in [0.2, 0.25) is 0 Å². The monoisotopic (exact) mass is 179 g/mol. The van der Waals surface area contributed by atoms with Gasteiger partial charge in [-0.25, -0.2) is 0 Å². The standard InChI is InChI=1S/C10H17N3/c1-4-8(2)7-9-10(11)12-5-6-13(9)3/h4,7,12H,1,5-6,11H2,2-3H3/b8-7-. The molecule has 0 fully saturated rings. The van der Waals surface area contributed by atoms with Crippen LogP contribution < -0.4 is 11.1 Å². The van der Waals surface area contributed by atoms with Gasteiger partial charge in [0.15, 0.2) is 0 Å². The molecule has 0 spiro atoms. The first-order valence-electron chi connectivity index (χ1n) is 4.40. The minimum absolute atomic E-state index is 0.745. The molecular formula is C10H17N3. The van der Waals surface area contributed by atoms with E-state index in [1.165, 1.54) is 0 Å². The summed E-state index contributed by atoms with van der Waals surface area (Å²) < 4.78 is 0. The highest BCUT2D eigenvalue weighted by Crippen LogP contribution is 2.11. The molecule has 0 unspecified atom stereocenters. The Labute approximate surface area is 79.6 Å². The second kappa shape index (κ2) is 4.03. The van der Waals surface area contributed by atoms with Gasteiger partial charge in [-0.3, -0.25) is 0 Å². The zero-order valence-electron chi connectivity index (χ0n) is 8.30. The molecule has 0 saturated heterocycles. The number of hydrogen-bond donors (Lipinski definition) is 2. The molecule has 0 radical (unpaired) electrons. The Kier molecular flexibility index (Phi) is 3.01. The average molecular weight is 179 g/mol. The predicted molar refractivity (Wildman–Crippen MR) is 55.8 cm³/mol. The van der Waals surface area contributed by atoms with Crippen molar-refractivity contribution in [3.05, 3.63) is 35.8 Å². The van der Waals surface area contributed by atoms with Crippen LogP contribution in [0.5, 0.6) is 0 Å². The Morgan fingerprint density at radius 1 is 1.69 bits per heavy atom. The van der Waals surface area contributed by atoms with Crippen LogP contribution >= 0.6 is 0 Å². The van der Waals surface area contributed by atoms with Crippen LogP contribution in [0.1, 0.15) is 6.92 Å². The highest BCUT2D eigenvalue weighted by Gasteiger charge is 2.11. The van der Waals surface area contributed by atoms with Crippen LogP contribution in [0.2, 0.25) is 0 Å². The van der Waals surface area contributed by atoms with Crippen LogP contribution in [0.4, 0.5) is 0 Å². The molecule has 0 atom stereocenters. The van der Waals surface area contributed by atoms with Crippen molar-refractivity contribution >= 4 is 0 Å². The molecule has 72 valence electrons. The SMILES string of the molecule is C=C/C(C)=C\C1=C(N)NCCN1C. The zero-order chi connectivity index (χ0) is 9.84. The molecule has 13 heavy (non-hydrogen) atoms. The Morgan fingerprint density at radius 3 is 2.92 bits per heavy atom. The van der Waals surface area contributed by atoms with Crippen molar-refractivity contribution in [1.82, 2.24) is 10.2 Å². The third kappa shape index (κ3) is 2.28. The second-order valence-electron chi connectivity index (χ2n) is 3.24. The highest BCUT2D eigenvalue weighted by atomic mass is 15.2. The highest BCUT2D eigenvalue weighted by molar-refractivity contribution is 5.30. The molecule has 3 heteroatoms. The number of rotatable bonds is 2. The summed E-state index contributed by atoms with van der Waals surface area (Å²) in [6.07, 6.45) is 3.86. The summed E-state index contributed by atoms with van der Waals surface area (Å²) >= 11 is 0. The fourth-order valence-corrected chi connectivity index (χ4v) is 1.24. The van der Waals surface area contributed by atoms with Crippen LogP contribution in [-0.2, 0) is 0 Å². The fraction of sp³-hybridized carbons (Fsp3) is 0.400. The van der Waals surface area contributed by atoms with Crippen molar-refractivity contribution in [2.75, 3.05) is 20.1 Å². The van der Waals surface area contributed by atoms with E-state index < -0.39 is 0 Å². The van der Waals surface area contributed by atoms with E-state index in [9.17, 15) is 0 Å². The van der Waals surface area contributed by atoms with Crippen LogP contribution in [0, 0.1) is 0 Å². The first-order valence-corrected chi connectivity index (χ1v) is 4.40. The first-order chi connectivity index (χ1) is 6.15. The topological polar surface area (TPSA) is 41.3 Å². The lowest BCUT2D eigenvalue weighted by Crippen LogP contribution is -2.39. The van der Waals surface area contributed by atoms with E-state index >= 15 is 0 Å². The van der Waals surface area contributed by atoms with Crippen molar-refractivity contribution in [2.45, 2.75) is 6.92 Å². The van der Waals surface area contributed by atoms with E-state index in [0.717, 1.165) is 30.2 Å². The number of nitrogens with two attached hydrogens (primary N) is 1. The predicted octanol–water partition coefficient (Wildman–Crippen LogP) is 0.781. The number of allylic oxidation sites excluding steroid dienone is 3. The largest absolute Gasteiger partial charge is 0.384 e. The van der Waals surface area contributed by atoms with Gasteiger partial charge in [-0.1, -0.05) is 12.7 Å². The zero-order valence-corrected chi connectivity index (χ0v) is 8.30. The number of nitrogens with one attached hydrogen (secondary N) is 1. The maximum atomic E-state index is 5.82. The molecule has 0 aliphatic carbocycles. The van der Waals surface area contributed by atoms with Gasteiger partial charge >= 0.3 is 0 Å². The summed E-state index contributed by atoms with van der Waals surface area (Å²) in [5.74, 6) is 0.745. The van der Waals surface area contributed by atoms with E-state index in [1.54, 1.807) is 0 Å². The maximum Gasteiger partial charge on any atom is 0.120 e. The smallest absolute Gasteiger partial charge is 0.120 e. The number of nitrogens with zero attached hydrogens (tertiary/aromatic N) is 1. The van der Waals surface area contributed by atoms with Crippen molar-refractivity contribution in [3.63, 3.8) is 0 Å². The molecule has 0 aromatic heterocycles. The molecule has 0 amide bonds. The quantitative estimate of drug-likeness (QED) is 0.616. The van der Waals surface area contributed by atoms with Gasteiger partial charge in [0, 0.05) is 20.1 Å². The Bertz CT molecular complexity index is 263. The molecule has 3 N–H and O–H groups in total. The third-order valence-electron chi connectivity index (χ3n) is 2.14. The van der Waals surface area contributed by atoms with Crippen molar-refractivity contribution in [1.29, 1.82) is 0 Å². The third-order valence-corrected chi connectivity index (χ3v) is 2.14. The van der Waals surface area contributed by atoms with Crippen LogP contribution in [0.25, 0.3) is 0 Å². The van der Waals surface area contributed by atoms with Gasteiger partial charge in [0.1, 0.15) is 5.82 Å². The summed E-state index contributed by atoms with van der Waals surface area (Å²) in [5, 5.41) is 3.13. The minimum Gasteiger partial charge on any atom is -0.384 e. The average Bonchev–Trinajstić information content (AvgIpc) is 2.11. The maximum absolute atomic E-state index is 5.82. The van der Waals surface area contributed by atoms with Gasteiger partial charge < -0.3 is 16.0 Å². The number of hydrogen-bond acceptors (Lipinski definition) is 3. The van der Waals surface area contributed by atoms with E-state index in [4.69, 9.17) is 5.73 Å². The van der Waals surface area contributed by atoms with Gasteiger partial charge in [-0.2, -0.15) is 0 Å². The normalized spacial score (nSPS) is 18.6. The molecule has 0 aromatic carbocycles. The Hall–Kier alpha value is -1.38. The van der Waals surface area contributed by atoms with Gasteiger partial charge in [-0.15, -0.1) is 0 Å².